The maximum absolute atomic E-state index is 11.1. The van der Waals surface area contributed by atoms with E-state index in [1.807, 2.05) is 60.7 Å². The minimum atomic E-state index is -0.0816. The van der Waals surface area contributed by atoms with Crippen molar-refractivity contribution in [3.63, 3.8) is 0 Å². The zero-order chi connectivity index (χ0) is 16.3. The summed E-state index contributed by atoms with van der Waals surface area (Å²) in [6, 6.07) is 25.0. The van der Waals surface area contributed by atoms with Crippen LogP contribution in [0.5, 0.6) is 0 Å². The molecule has 0 heterocycles. The summed E-state index contributed by atoms with van der Waals surface area (Å²) in [5.41, 5.74) is 0. The molecule has 7 radical (unpaired) electrons. The average molecular weight is 426 g/mol. The third-order valence-corrected chi connectivity index (χ3v) is 3.75. The Morgan fingerprint density at radius 2 is 1.50 bits per heavy atom. The van der Waals surface area contributed by atoms with E-state index in [0.29, 0.717) is 11.8 Å². The van der Waals surface area contributed by atoms with Crippen molar-refractivity contribution in [1.82, 2.24) is 0 Å². The first-order valence-electron chi connectivity index (χ1n) is 7.74. The summed E-state index contributed by atoms with van der Waals surface area (Å²) in [6.07, 6.45) is 7.51. The van der Waals surface area contributed by atoms with Gasteiger partial charge in [-0.3, -0.25) is 4.79 Å². The Balaban J connectivity index is 0.000000357. The number of carbonyl (C=O) groups is 1. The van der Waals surface area contributed by atoms with E-state index in [-0.39, 0.29) is 37.2 Å². The smallest absolute Gasteiger partial charge is 0.309 e. The van der Waals surface area contributed by atoms with Crippen molar-refractivity contribution in [3.05, 3.63) is 91.4 Å². The summed E-state index contributed by atoms with van der Waals surface area (Å²) in [7, 11) is 1.45. The number of methoxy groups -OCH3 is 1. The first-order valence-corrected chi connectivity index (χ1v) is 7.74. The molecule has 0 N–H and O–H groups in total. The van der Waals surface area contributed by atoms with Crippen LogP contribution in [0, 0.1) is 36.3 Å². The minimum absolute atomic E-state index is 0. The fourth-order valence-corrected chi connectivity index (χ4v) is 2.65. The van der Waals surface area contributed by atoms with E-state index in [9.17, 15) is 4.79 Å². The van der Waals surface area contributed by atoms with Crippen molar-refractivity contribution in [2.24, 2.45) is 17.8 Å². The van der Waals surface area contributed by atoms with Crippen LogP contribution in [-0.4, -0.2) is 37.0 Å². The van der Waals surface area contributed by atoms with Crippen LogP contribution in [-0.2, 0) is 9.53 Å². The number of hydrogen-bond donors (Lipinski definition) is 0. The van der Waals surface area contributed by atoms with Crippen molar-refractivity contribution < 1.29 is 11.0 Å². The molecule has 0 saturated heterocycles. The van der Waals surface area contributed by atoms with Crippen molar-refractivity contribution in [1.29, 1.82) is 0 Å². The molecule has 3 atom stereocenters. The van der Waals surface area contributed by atoms with Gasteiger partial charge in [-0.2, -0.15) is 0 Å². The molecule has 24 heavy (non-hydrogen) atoms. The van der Waals surface area contributed by atoms with E-state index in [1.165, 1.54) is 7.11 Å². The average Bonchev–Trinajstić information content (AvgIpc) is 3.28. The molecule has 1 saturated carbocycles. The monoisotopic (exact) mass is 427 g/mol. The van der Waals surface area contributed by atoms with Gasteiger partial charge in [0.05, 0.1) is 13.0 Å². The van der Waals surface area contributed by atoms with Crippen LogP contribution >= 0.6 is 0 Å². The van der Waals surface area contributed by atoms with Crippen LogP contribution in [0.15, 0.2) is 72.8 Å². The molecule has 0 unspecified atom stereocenters. The maximum atomic E-state index is 11.1. The molecule has 2 nitrogen and oxygen atoms in total. The third-order valence-electron chi connectivity index (χ3n) is 3.75. The summed E-state index contributed by atoms with van der Waals surface area (Å²) in [4.78, 5) is 11.1. The summed E-state index contributed by atoms with van der Waals surface area (Å²) >= 11 is 0. The van der Waals surface area contributed by atoms with Crippen molar-refractivity contribution >= 4 is 29.9 Å². The number of benzene rings is 2. The number of hydrogen-bond acceptors (Lipinski definition) is 2. The Morgan fingerprint density at radius 1 is 0.958 bits per heavy atom. The molecule has 2 aromatic carbocycles. The SMILES string of the molecule is COC(=O)[C@H]1[CH][C@H]2C=C[C@@H]1C2.[HH].[Sn].[c]1ccccc1.[c]1ccccc1. The molecule has 4 rings (SSSR count). The molecule has 123 valence electrons. The van der Waals surface area contributed by atoms with Crippen LogP contribution in [0.1, 0.15) is 7.85 Å². The van der Waals surface area contributed by atoms with E-state index in [0.717, 1.165) is 6.42 Å². The predicted molar refractivity (Wildman–Crippen MR) is 99.0 cm³/mol. The molecule has 0 spiro atoms. The molecular weight excluding hydrogens is 403 g/mol. The van der Waals surface area contributed by atoms with Crippen molar-refractivity contribution in [2.45, 2.75) is 6.42 Å². The van der Waals surface area contributed by atoms with E-state index in [4.69, 9.17) is 0 Å². The maximum Gasteiger partial charge on any atom is 0.309 e. The number of ether oxygens (including phenoxy) is 1. The summed E-state index contributed by atoms with van der Waals surface area (Å²) < 4.78 is 4.68. The van der Waals surface area contributed by atoms with Gasteiger partial charge in [-0.15, -0.1) is 0 Å². The molecule has 2 aliphatic rings. The van der Waals surface area contributed by atoms with E-state index >= 15 is 0 Å². The van der Waals surface area contributed by atoms with Gasteiger partial charge in [0, 0.05) is 25.3 Å². The van der Waals surface area contributed by atoms with Gasteiger partial charge in [-0.25, -0.2) is 0 Å². The molecule has 3 heteroatoms. The Kier molecular flexibility index (Phi) is 10.2. The predicted octanol–water partition coefficient (Wildman–Crippen LogP) is 4.02. The second-order valence-electron chi connectivity index (χ2n) is 5.34. The fraction of sp³-hybridized carbons (Fsp3) is 0.238. The molecule has 2 aromatic rings. The van der Waals surface area contributed by atoms with Crippen LogP contribution in [0.4, 0.5) is 0 Å². The van der Waals surface area contributed by atoms with Gasteiger partial charge < -0.3 is 4.74 Å². The molecule has 0 amide bonds. The minimum Gasteiger partial charge on any atom is -0.469 e. The summed E-state index contributed by atoms with van der Waals surface area (Å²) in [5.74, 6) is 0.911. The first-order chi connectivity index (χ1) is 11.3. The number of carbonyl (C=O) groups excluding carboxylic acids is 1. The Bertz CT molecular complexity index is 504. The molecule has 1 fully saturated rings. The third kappa shape index (κ3) is 6.91. The van der Waals surface area contributed by atoms with Crippen LogP contribution in [0.25, 0.3) is 0 Å². The van der Waals surface area contributed by atoms with Gasteiger partial charge in [0.15, 0.2) is 0 Å². The molecule has 0 aliphatic heterocycles. The second kappa shape index (κ2) is 11.9. The van der Waals surface area contributed by atoms with Gasteiger partial charge in [-0.1, -0.05) is 72.8 Å². The number of fused-ring (bicyclic) bond motifs is 2. The normalized spacial score (nSPS) is 22.1. The molecule has 0 aromatic heterocycles. The van der Waals surface area contributed by atoms with E-state index < -0.39 is 0 Å². The quantitative estimate of drug-likeness (QED) is 0.391. The summed E-state index contributed by atoms with van der Waals surface area (Å²) in [6.45, 7) is 0. The zero-order valence-corrected chi connectivity index (χ0v) is 16.6. The fourth-order valence-electron chi connectivity index (χ4n) is 2.65. The summed E-state index contributed by atoms with van der Waals surface area (Å²) in [5, 5.41) is 0. The van der Waals surface area contributed by atoms with Gasteiger partial charge in [0.1, 0.15) is 0 Å². The van der Waals surface area contributed by atoms with Crippen LogP contribution in [0.2, 0.25) is 0 Å². The Morgan fingerprint density at radius 3 is 1.75 bits per heavy atom. The van der Waals surface area contributed by atoms with Gasteiger partial charge in [0.2, 0.25) is 0 Å². The van der Waals surface area contributed by atoms with Crippen LogP contribution in [0.3, 0.4) is 0 Å². The molecule has 2 bridgehead atoms. The second-order valence-corrected chi connectivity index (χ2v) is 5.34. The zero-order valence-electron chi connectivity index (χ0n) is 13.8. The number of rotatable bonds is 1. The molecular formula is C21H23O2Sn. The van der Waals surface area contributed by atoms with Gasteiger partial charge in [0.25, 0.3) is 0 Å². The first kappa shape index (κ1) is 20.5. The van der Waals surface area contributed by atoms with E-state index in [2.05, 4.69) is 35.4 Å². The Hall–Kier alpha value is -1.55. The van der Waals surface area contributed by atoms with Gasteiger partial charge in [-0.05, 0) is 36.8 Å². The van der Waals surface area contributed by atoms with E-state index in [1.54, 1.807) is 0 Å². The standard InChI is InChI=1S/C9H11O2.2C6H5.Sn.H2/c1-11-9(10)8-5-6-2-3-7(8)4-6;2*1-2-4-6-5-3-1;;/h2-3,5-8H,4H2,1H3;2*1-5H;;1H/t6-,7+,8-;;;;/m0..../s1. The largest absolute Gasteiger partial charge is 0.469 e. The van der Waals surface area contributed by atoms with Crippen molar-refractivity contribution in [2.75, 3.05) is 7.11 Å². The molecule has 2 aliphatic carbocycles. The van der Waals surface area contributed by atoms with Crippen LogP contribution < -0.4 is 0 Å². The topological polar surface area (TPSA) is 26.3 Å². The number of allylic oxidation sites excluding steroid dienone is 2. The Labute approximate surface area is 163 Å². The number of esters is 1. The van der Waals surface area contributed by atoms with Crippen molar-refractivity contribution in [3.8, 4) is 0 Å². The van der Waals surface area contributed by atoms with Gasteiger partial charge >= 0.3 is 5.97 Å².